The molecule has 0 spiro atoms. The van der Waals surface area contributed by atoms with Crippen LogP contribution in [0.1, 0.15) is 31.7 Å². The number of carbonyl (C=O) groups excluding carboxylic acids is 1. The van der Waals surface area contributed by atoms with Crippen molar-refractivity contribution in [3.63, 3.8) is 0 Å². The normalized spacial score (nSPS) is 16.6. The summed E-state index contributed by atoms with van der Waals surface area (Å²) in [6, 6.07) is 3.91. The summed E-state index contributed by atoms with van der Waals surface area (Å²) < 4.78 is 0. The topological polar surface area (TPSA) is 59.2 Å². The van der Waals surface area contributed by atoms with Gasteiger partial charge in [-0.3, -0.25) is 9.78 Å². The van der Waals surface area contributed by atoms with Crippen LogP contribution in [0.15, 0.2) is 24.5 Å². The molecule has 0 bridgehead atoms. The zero-order valence-corrected chi connectivity index (χ0v) is 10.2. The molecule has 92 valence electrons. The van der Waals surface area contributed by atoms with Crippen molar-refractivity contribution >= 4 is 5.91 Å². The standard InChI is InChI=1S/C13H19N3O/c1-2-12(14)13(17)16(11-5-6-11)9-10-4-3-7-15-8-10/h3-4,7-8,11-12H,2,5-6,9,14H2,1H3/t12-/m1/s1. The van der Waals surface area contributed by atoms with Crippen LogP contribution in [0.5, 0.6) is 0 Å². The molecule has 1 aliphatic carbocycles. The van der Waals surface area contributed by atoms with E-state index in [-0.39, 0.29) is 11.9 Å². The molecule has 0 radical (unpaired) electrons. The minimum Gasteiger partial charge on any atom is -0.334 e. The molecule has 1 aliphatic rings. The maximum absolute atomic E-state index is 12.1. The Labute approximate surface area is 102 Å². The molecule has 1 aromatic rings. The molecule has 1 amide bonds. The third kappa shape index (κ3) is 3.03. The van der Waals surface area contributed by atoms with Crippen LogP contribution in [0.4, 0.5) is 0 Å². The summed E-state index contributed by atoms with van der Waals surface area (Å²) in [7, 11) is 0. The van der Waals surface area contributed by atoms with Gasteiger partial charge in [0.2, 0.25) is 5.91 Å². The third-order valence-corrected chi connectivity index (χ3v) is 3.10. The van der Waals surface area contributed by atoms with Gasteiger partial charge in [0.25, 0.3) is 0 Å². The highest BCUT2D eigenvalue weighted by atomic mass is 16.2. The first-order chi connectivity index (χ1) is 8.22. The fourth-order valence-corrected chi connectivity index (χ4v) is 1.85. The number of hydrogen-bond acceptors (Lipinski definition) is 3. The molecule has 17 heavy (non-hydrogen) atoms. The highest BCUT2D eigenvalue weighted by molar-refractivity contribution is 5.82. The van der Waals surface area contributed by atoms with Crippen LogP contribution in [0, 0.1) is 0 Å². The molecule has 1 fully saturated rings. The molecule has 0 aliphatic heterocycles. The fourth-order valence-electron chi connectivity index (χ4n) is 1.85. The number of carbonyl (C=O) groups is 1. The molecule has 4 heteroatoms. The summed E-state index contributed by atoms with van der Waals surface area (Å²) in [6.45, 7) is 2.57. The number of nitrogens with zero attached hydrogens (tertiary/aromatic N) is 2. The summed E-state index contributed by atoms with van der Waals surface area (Å²) in [5.41, 5.74) is 6.90. The summed E-state index contributed by atoms with van der Waals surface area (Å²) in [4.78, 5) is 18.1. The molecule has 1 aromatic heterocycles. The molecule has 4 nitrogen and oxygen atoms in total. The van der Waals surface area contributed by atoms with E-state index >= 15 is 0 Å². The van der Waals surface area contributed by atoms with Crippen LogP contribution in [0.25, 0.3) is 0 Å². The number of rotatable bonds is 5. The summed E-state index contributed by atoms with van der Waals surface area (Å²) >= 11 is 0. The van der Waals surface area contributed by atoms with Gasteiger partial charge in [-0.15, -0.1) is 0 Å². The van der Waals surface area contributed by atoms with Crippen LogP contribution in [0.2, 0.25) is 0 Å². The summed E-state index contributed by atoms with van der Waals surface area (Å²) in [5, 5.41) is 0. The van der Waals surface area contributed by atoms with Crippen LogP contribution in [-0.4, -0.2) is 27.9 Å². The van der Waals surface area contributed by atoms with Crippen LogP contribution in [0.3, 0.4) is 0 Å². The second-order valence-electron chi connectivity index (χ2n) is 4.57. The minimum absolute atomic E-state index is 0.0684. The van der Waals surface area contributed by atoms with Crippen LogP contribution >= 0.6 is 0 Å². The van der Waals surface area contributed by atoms with E-state index < -0.39 is 0 Å². The molecule has 1 saturated carbocycles. The number of aromatic nitrogens is 1. The zero-order chi connectivity index (χ0) is 12.3. The fraction of sp³-hybridized carbons (Fsp3) is 0.538. The summed E-state index contributed by atoms with van der Waals surface area (Å²) in [5.74, 6) is 0.0684. The molecular weight excluding hydrogens is 214 g/mol. The number of hydrogen-bond donors (Lipinski definition) is 1. The first-order valence-corrected chi connectivity index (χ1v) is 6.17. The van der Waals surface area contributed by atoms with Gasteiger partial charge in [0.15, 0.2) is 0 Å². The second kappa shape index (κ2) is 5.27. The van der Waals surface area contributed by atoms with E-state index in [1.165, 1.54) is 0 Å². The molecule has 1 atom stereocenters. The quantitative estimate of drug-likeness (QED) is 0.834. The van der Waals surface area contributed by atoms with Crippen molar-refractivity contribution in [2.45, 2.75) is 44.8 Å². The molecule has 2 N–H and O–H groups in total. The Balaban J connectivity index is 2.05. The number of amides is 1. The maximum atomic E-state index is 12.1. The Bertz CT molecular complexity index is 376. The van der Waals surface area contributed by atoms with Gasteiger partial charge in [-0.2, -0.15) is 0 Å². The van der Waals surface area contributed by atoms with Gasteiger partial charge >= 0.3 is 0 Å². The van der Waals surface area contributed by atoms with E-state index in [2.05, 4.69) is 4.98 Å². The smallest absolute Gasteiger partial charge is 0.240 e. The largest absolute Gasteiger partial charge is 0.334 e. The molecule has 0 unspecified atom stereocenters. The molecule has 2 rings (SSSR count). The Morgan fingerprint density at radius 2 is 2.41 bits per heavy atom. The zero-order valence-electron chi connectivity index (χ0n) is 10.2. The van der Waals surface area contributed by atoms with E-state index in [0.717, 1.165) is 18.4 Å². The third-order valence-electron chi connectivity index (χ3n) is 3.10. The van der Waals surface area contributed by atoms with Crippen molar-refractivity contribution < 1.29 is 4.79 Å². The predicted molar refractivity (Wildman–Crippen MR) is 66.1 cm³/mol. The predicted octanol–water partition coefficient (Wildman–Crippen LogP) is 1.31. The Hall–Kier alpha value is -1.42. The van der Waals surface area contributed by atoms with Gasteiger partial charge in [-0.25, -0.2) is 0 Å². The highest BCUT2D eigenvalue weighted by Crippen LogP contribution is 2.28. The monoisotopic (exact) mass is 233 g/mol. The van der Waals surface area contributed by atoms with Gasteiger partial charge in [-0.05, 0) is 30.9 Å². The van der Waals surface area contributed by atoms with Crippen molar-refractivity contribution in [1.82, 2.24) is 9.88 Å². The first-order valence-electron chi connectivity index (χ1n) is 6.17. The van der Waals surface area contributed by atoms with E-state index in [1.807, 2.05) is 24.0 Å². The lowest BCUT2D eigenvalue weighted by molar-refractivity contribution is -0.133. The second-order valence-corrected chi connectivity index (χ2v) is 4.57. The van der Waals surface area contributed by atoms with Crippen LogP contribution < -0.4 is 5.73 Å². The number of pyridine rings is 1. The first kappa shape index (κ1) is 12.0. The lowest BCUT2D eigenvalue weighted by atomic mass is 10.2. The lowest BCUT2D eigenvalue weighted by Gasteiger charge is -2.25. The Kier molecular flexibility index (Phi) is 3.74. The van der Waals surface area contributed by atoms with E-state index in [1.54, 1.807) is 12.4 Å². The number of nitrogens with two attached hydrogens (primary N) is 1. The van der Waals surface area contributed by atoms with Gasteiger partial charge in [0.1, 0.15) is 0 Å². The van der Waals surface area contributed by atoms with Gasteiger partial charge < -0.3 is 10.6 Å². The van der Waals surface area contributed by atoms with Crippen molar-refractivity contribution in [3.8, 4) is 0 Å². The van der Waals surface area contributed by atoms with E-state index in [9.17, 15) is 4.79 Å². The average molecular weight is 233 g/mol. The van der Waals surface area contributed by atoms with Crippen molar-refractivity contribution in [2.24, 2.45) is 5.73 Å². The van der Waals surface area contributed by atoms with E-state index in [0.29, 0.717) is 19.0 Å². The SMILES string of the molecule is CC[C@@H](N)C(=O)N(Cc1cccnc1)C1CC1. The van der Waals surface area contributed by atoms with Crippen LogP contribution in [-0.2, 0) is 11.3 Å². The molecular formula is C13H19N3O. The van der Waals surface area contributed by atoms with Gasteiger partial charge in [0.05, 0.1) is 6.04 Å². The molecule has 0 aromatic carbocycles. The lowest BCUT2D eigenvalue weighted by Crippen LogP contribution is -2.44. The summed E-state index contributed by atoms with van der Waals surface area (Å²) in [6.07, 6.45) is 6.44. The van der Waals surface area contributed by atoms with Crippen molar-refractivity contribution in [2.75, 3.05) is 0 Å². The average Bonchev–Trinajstić information content (AvgIpc) is 3.19. The maximum Gasteiger partial charge on any atom is 0.240 e. The van der Waals surface area contributed by atoms with E-state index in [4.69, 9.17) is 5.73 Å². The van der Waals surface area contributed by atoms with Crippen molar-refractivity contribution in [3.05, 3.63) is 30.1 Å². The molecule has 1 heterocycles. The minimum atomic E-state index is -0.368. The Morgan fingerprint density at radius 3 is 2.94 bits per heavy atom. The van der Waals surface area contributed by atoms with Gasteiger partial charge in [0, 0.05) is 25.0 Å². The molecule has 0 saturated heterocycles. The Morgan fingerprint density at radius 1 is 1.65 bits per heavy atom. The van der Waals surface area contributed by atoms with Gasteiger partial charge in [-0.1, -0.05) is 13.0 Å². The highest BCUT2D eigenvalue weighted by Gasteiger charge is 2.34. The van der Waals surface area contributed by atoms with Crippen molar-refractivity contribution in [1.29, 1.82) is 0 Å².